The van der Waals surface area contributed by atoms with E-state index in [4.69, 9.17) is 4.74 Å². The van der Waals surface area contributed by atoms with Gasteiger partial charge in [0, 0.05) is 13.0 Å². The van der Waals surface area contributed by atoms with Crippen molar-refractivity contribution in [3.8, 4) is 0 Å². The van der Waals surface area contributed by atoms with Gasteiger partial charge in [0.25, 0.3) is 5.91 Å². The van der Waals surface area contributed by atoms with Crippen molar-refractivity contribution in [1.82, 2.24) is 21.1 Å². The van der Waals surface area contributed by atoms with Crippen molar-refractivity contribution in [3.63, 3.8) is 0 Å². The summed E-state index contributed by atoms with van der Waals surface area (Å²) >= 11 is 0. The summed E-state index contributed by atoms with van der Waals surface area (Å²) in [6.45, 7) is 7.87. The molecule has 10 nitrogen and oxygen atoms in total. The molecule has 1 fully saturated rings. The Hall–Kier alpha value is -3.24. The number of aliphatic hydroxyl groups is 1. The molecule has 0 aliphatic carbocycles. The van der Waals surface area contributed by atoms with Crippen LogP contribution >= 0.6 is 0 Å². The summed E-state index contributed by atoms with van der Waals surface area (Å²) in [5.74, 6) is -2.84. The Balaban J connectivity index is 1.86. The van der Waals surface area contributed by atoms with E-state index < -0.39 is 47.9 Å². The standard InChI is InChI=1S/C32H48N4O6/c1-21(2)27-30(39)33-26(20-24-15-10-8-11-16-24)31(40)36-18-13-17-25(35-36)32(41)42-19-12-7-5-6-9-14-22(3)28(37)23(4)29(38)34-27/h6,8-11,15-16,21-23,25-28,35,37H,5,7,12-14,17-20H2,1-4H3,(H,33,39)(H,34,38)/t22-,23+,25-,26-,27-,28+/m0/s1. The number of nitrogens with zero attached hydrogens (tertiary/aromatic N) is 1. The van der Waals surface area contributed by atoms with Gasteiger partial charge in [0.15, 0.2) is 0 Å². The van der Waals surface area contributed by atoms with Gasteiger partial charge in [-0.1, -0.05) is 70.2 Å². The third kappa shape index (κ3) is 9.66. The van der Waals surface area contributed by atoms with Crippen molar-refractivity contribution >= 4 is 23.7 Å². The fraction of sp³-hybridized carbons (Fsp3) is 0.625. The van der Waals surface area contributed by atoms with Crippen molar-refractivity contribution in [3.05, 3.63) is 48.0 Å². The first-order valence-corrected chi connectivity index (χ1v) is 15.3. The molecule has 2 heterocycles. The Morgan fingerprint density at radius 1 is 0.976 bits per heavy atom. The smallest absolute Gasteiger partial charge is 0.324 e. The van der Waals surface area contributed by atoms with Crippen LogP contribution in [0.5, 0.6) is 0 Å². The molecular weight excluding hydrogens is 536 g/mol. The van der Waals surface area contributed by atoms with Crippen LogP contribution in [0.15, 0.2) is 42.5 Å². The zero-order valence-corrected chi connectivity index (χ0v) is 25.4. The van der Waals surface area contributed by atoms with Gasteiger partial charge in [-0.3, -0.25) is 24.2 Å². The summed E-state index contributed by atoms with van der Waals surface area (Å²) in [6, 6.07) is 6.87. The Bertz CT molecular complexity index is 1080. The highest BCUT2D eigenvalue weighted by Gasteiger charge is 2.36. The lowest BCUT2D eigenvalue weighted by Crippen LogP contribution is -2.62. The Morgan fingerprint density at radius 2 is 1.71 bits per heavy atom. The molecule has 0 unspecified atom stereocenters. The predicted molar refractivity (Wildman–Crippen MR) is 160 cm³/mol. The molecule has 0 radical (unpaired) electrons. The zero-order chi connectivity index (χ0) is 30.6. The number of hydrogen-bond donors (Lipinski definition) is 4. The number of esters is 1. The van der Waals surface area contributed by atoms with E-state index in [1.165, 1.54) is 5.01 Å². The largest absolute Gasteiger partial charge is 0.464 e. The maximum Gasteiger partial charge on any atom is 0.324 e. The van der Waals surface area contributed by atoms with Gasteiger partial charge in [-0.15, -0.1) is 0 Å². The third-order valence-electron chi connectivity index (χ3n) is 8.07. The zero-order valence-electron chi connectivity index (χ0n) is 25.4. The van der Waals surface area contributed by atoms with Crippen LogP contribution in [0.3, 0.4) is 0 Å². The van der Waals surface area contributed by atoms with E-state index in [9.17, 15) is 24.3 Å². The highest BCUT2D eigenvalue weighted by molar-refractivity contribution is 5.93. The number of ether oxygens (including phenoxy) is 1. The van der Waals surface area contributed by atoms with E-state index in [2.05, 4.69) is 16.1 Å². The van der Waals surface area contributed by atoms with Crippen molar-refractivity contribution in [2.24, 2.45) is 17.8 Å². The molecule has 1 aromatic rings. The number of aliphatic hydroxyl groups excluding tert-OH is 1. The molecule has 1 aromatic carbocycles. The fourth-order valence-corrected chi connectivity index (χ4v) is 5.29. The Labute approximate surface area is 249 Å². The molecule has 0 spiro atoms. The van der Waals surface area contributed by atoms with Crippen LogP contribution in [0, 0.1) is 17.8 Å². The number of fused-ring (bicyclic) bond motifs is 2. The quantitative estimate of drug-likeness (QED) is 0.317. The number of hydrazine groups is 1. The van der Waals surface area contributed by atoms with Crippen LogP contribution in [0.25, 0.3) is 0 Å². The van der Waals surface area contributed by atoms with E-state index in [-0.39, 0.29) is 24.2 Å². The van der Waals surface area contributed by atoms with Gasteiger partial charge < -0.3 is 20.5 Å². The second-order valence-electron chi connectivity index (χ2n) is 11.9. The molecule has 232 valence electrons. The van der Waals surface area contributed by atoms with Crippen LogP contribution in [-0.4, -0.2) is 71.2 Å². The monoisotopic (exact) mass is 584 g/mol. The first-order chi connectivity index (χ1) is 20.1. The van der Waals surface area contributed by atoms with Gasteiger partial charge in [0.2, 0.25) is 11.8 Å². The summed E-state index contributed by atoms with van der Waals surface area (Å²) in [6.07, 6.45) is 7.52. The number of carbonyl (C=O) groups is 4. The van der Waals surface area contributed by atoms with Gasteiger partial charge >= 0.3 is 5.97 Å². The topological polar surface area (TPSA) is 137 Å². The lowest BCUT2D eigenvalue weighted by atomic mass is 9.89. The molecule has 0 aromatic heterocycles. The van der Waals surface area contributed by atoms with Crippen LogP contribution in [0.2, 0.25) is 0 Å². The SMILES string of the molecule is CC(C)[C@@H]1NC(=O)[C@H](C)[C@H](O)[C@@H](C)CC=CCCCCOC(=O)[C@@H]2CCCN(N2)C(=O)[C@H](Cc2ccccc2)NC1=O. The lowest BCUT2D eigenvalue weighted by Gasteiger charge is -2.35. The lowest BCUT2D eigenvalue weighted by molar-refractivity contribution is -0.153. The minimum Gasteiger partial charge on any atom is -0.464 e. The van der Waals surface area contributed by atoms with E-state index in [1.54, 1.807) is 6.92 Å². The minimum absolute atomic E-state index is 0.166. The second-order valence-corrected chi connectivity index (χ2v) is 11.9. The molecule has 0 saturated carbocycles. The number of carbonyl (C=O) groups excluding carboxylic acids is 4. The van der Waals surface area contributed by atoms with Gasteiger partial charge in [0.1, 0.15) is 18.1 Å². The molecule has 2 aliphatic heterocycles. The summed E-state index contributed by atoms with van der Waals surface area (Å²) in [5, 5.41) is 18.0. The number of hydrogen-bond acceptors (Lipinski definition) is 7. The van der Waals surface area contributed by atoms with E-state index >= 15 is 0 Å². The number of amides is 3. The van der Waals surface area contributed by atoms with E-state index in [1.807, 2.05) is 63.3 Å². The predicted octanol–water partition coefficient (Wildman–Crippen LogP) is 2.66. The fourth-order valence-electron chi connectivity index (χ4n) is 5.29. The summed E-state index contributed by atoms with van der Waals surface area (Å²) in [5.41, 5.74) is 3.88. The number of allylic oxidation sites excluding steroid dienone is 2. The number of rotatable bonds is 3. The van der Waals surface area contributed by atoms with E-state index in [0.29, 0.717) is 38.8 Å². The highest BCUT2D eigenvalue weighted by atomic mass is 16.5. The molecule has 3 amide bonds. The van der Waals surface area contributed by atoms with Gasteiger partial charge in [0.05, 0.1) is 18.6 Å². The first kappa shape index (κ1) is 33.3. The second kappa shape index (κ2) is 16.4. The third-order valence-corrected chi connectivity index (χ3v) is 8.07. The normalized spacial score (nSPS) is 29.6. The average Bonchev–Trinajstić information content (AvgIpc) is 2.99. The molecular formula is C32H48N4O6. The molecule has 2 aliphatic rings. The van der Waals surface area contributed by atoms with Crippen LogP contribution < -0.4 is 16.1 Å². The van der Waals surface area contributed by atoms with Crippen molar-refractivity contribution in [1.29, 1.82) is 0 Å². The van der Waals surface area contributed by atoms with Gasteiger partial charge in [-0.2, -0.15) is 0 Å². The molecule has 6 atom stereocenters. The maximum absolute atomic E-state index is 13.8. The van der Waals surface area contributed by atoms with Gasteiger partial charge in [-0.25, -0.2) is 5.43 Å². The molecule has 10 heteroatoms. The Morgan fingerprint density at radius 3 is 2.43 bits per heavy atom. The molecule has 42 heavy (non-hydrogen) atoms. The minimum atomic E-state index is -0.937. The van der Waals surface area contributed by atoms with Gasteiger partial charge in [-0.05, 0) is 55.9 Å². The summed E-state index contributed by atoms with van der Waals surface area (Å²) in [7, 11) is 0. The number of nitrogens with one attached hydrogen (secondary N) is 3. The number of benzene rings is 1. The Kier molecular flexibility index (Phi) is 13.0. The van der Waals surface area contributed by atoms with Crippen molar-refractivity contribution in [2.45, 2.75) is 96.9 Å². The van der Waals surface area contributed by atoms with E-state index in [0.717, 1.165) is 18.4 Å². The van der Waals surface area contributed by atoms with Crippen molar-refractivity contribution < 1.29 is 29.0 Å². The van der Waals surface area contributed by atoms with Crippen LogP contribution in [0.1, 0.15) is 71.8 Å². The van der Waals surface area contributed by atoms with Crippen LogP contribution in [-0.2, 0) is 30.3 Å². The highest BCUT2D eigenvalue weighted by Crippen LogP contribution is 2.19. The van der Waals surface area contributed by atoms with Crippen molar-refractivity contribution in [2.75, 3.05) is 13.2 Å². The maximum atomic E-state index is 13.8. The number of cyclic esters (lactones) is 1. The first-order valence-electron chi connectivity index (χ1n) is 15.3. The average molecular weight is 585 g/mol. The summed E-state index contributed by atoms with van der Waals surface area (Å²) < 4.78 is 5.50. The molecule has 1 saturated heterocycles. The molecule has 2 bridgehead atoms. The molecule has 4 N–H and O–H groups in total. The molecule has 3 rings (SSSR count). The summed E-state index contributed by atoms with van der Waals surface area (Å²) in [4.78, 5) is 53.4. The van der Waals surface area contributed by atoms with Crippen LogP contribution in [0.4, 0.5) is 0 Å².